The summed E-state index contributed by atoms with van der Waals surface area (Å²) in [5, 5.41) is 22.5. The van der Waals surface area contributed by atoms with Gasteiger partial charge in [0.15, 0.2) is 0 Å². The molecule has 0 aliphatic carbocycles. The summed E-state index contributed by atoms with van der Waals surface area (Å²) in [5.74, 6) is -1.13. The number of fused-ring (bicyclic) bond motifs is 1. The fourth-order valence-electron chi connectivity index (χ4n) is 2.92. The lowest BCUT2D eigenvalue weighted by Gasteiger charge is -2.19. The fourth-order valence-corrected chi connectivity index (χ4v) is 2.92. The number of carboxylic acid groups (broad SMARTS) is 1. The van der Waals surface area contributed by atoms with Crippen LogP contribution in [0.15, 0.2) is 42.5 Å². The van der Waals surface area contributed by atoms with E-state index in [-0.39, 0.29) is 34.2 Å². The van der Waals surface area contributed by atoms with Crippen LogP contribution in [0.5, 0.6) is 5.75 Å². The standard InChI is InChI=1S/C17H17NO3.BrH/c19-16-9-13-12(8-14(16)17(20)21)6-7-18-10-15(13)11-4-2-1-3-5-11;/h1-5,8-9,15,18-19H,6-7,10H2,(H,20,21);1H. The van der Waals surface area contributed by atoms with Gasteiger partial charge in [0, 0.05) is 12.5 Å². The van der Waals surface area contributed by atoms with Crippen molar-refractivity contribution >= 4 is 23.0 Å². The Morgan fingerprint density at radius 2 is 1.91 bits per heavy atom. The number of aromatic carboxylic acids is 1. The van der Waals surface area contributed by atoms with E-state index in [4.69, 9.17) is 5.11 Å². The van der Waals surface area contributed by atoms with Gasteiger partial charge in [0.1, 0.15) is 11.3 Å². The highest BCUT2D eigenvalue weighted by molar-refractivity contribution is 8.93. The Balaban J connectivity index is 0.00000176. The zero-order valence-electron chi connectivity index (χ0n) is 12.0. The number of nitrogens with one attached hydrogen (secondary N) is 1. The van der Waals surface area contributed by atoms with E-state index in [1.807, 2.05) is 18.2 Å². The molecule has 1 atom stereocenters. The van der Waals surface area contributed by atoms with Crippen LogP contribution in [-0.2, 0) is 6.42 Å². The Labute approximate surface area is 139 Å². The molecule has 3 N–H and O–H groups in total. The normalized spacial score (nSPS) is 17.0. The molecule has 0 saturated heterocycles. The fraction of sp³-hybridized carbons (Fsp3) is 0.235. The van der Waals surface area contributed by atoms with Crippen LogP contribution in [0.3, 0.4) is 0 Å². The maximum Gasteiger partial charge on any atom is 0.339 e. The van der Waals surface area contributed by atoms with E-state index in [2.05, 4.69) is 17.4 Å². The molecule has 5 heteroatoms. The van der Waals surface area contributed by atoms with Gasteiger partial charge < -0.3 is 15.5 Å². The molecule has 0 saturated carbocycles. The van der Waals surface area contributed by atoms with Crippen molar-refractivity contribution in [3.8, 4) is 5.75 Å². The van der Waals surface area contributed by atoms with Crippen molar-refractivity contribution in [2.45, 2.75) is 12.3 Å². The molecule has 0 fully saturated rings. The van der Waals surface area contributed by atoms with Gasteiger partial charge >= 0.3 is 5.97 Å². The van der Waals surface area contributed by atoms with E-state index in [0.717, 1.165) is 36.2 Å². The number of aromatic hydroxyl groups is 1. The van der Waals surface area contributed by atoms with Crippen LogP contribution in [-0.4, -0.2) is 29.3 Å². The molecule has 0 bridgehead atoms. The first-order chi connectivity index (χ1) is 10.2. The Kier molecular flexibility index (Phi) is 5.21. The van der Waals surface area contributed by atoms with Gasteiger partial charge in [-0.05, 0) is 41.8 Å². The quantitative estimate of drug-likeness (QED) is 0.767. The van der Waals surface area contributed by atoms with Crippen molar-refractivity contribution in [1.29, 1.82) is 0 Å². The van der Waals surface area contributed by atoms with E-state index in [9.17, 15) is 9.90 Å². The summed E-state index contributed by atoms with van der Waals surface area (Å²) in [7, 11) is 0. The maximum atomic E-state index is 11.2. The van der Waals surface area contributed by atoms with Gasteiger partial charge in [-0.15, -0.1) is 17.0 Å². The molecular weight excluding hydrogens is 346 g/mol. The summed E-state index contributed by atoms with van der Waals surface area (Å²) in [6.07, 6.45) is 0.763. The van der Waals surface area contributed by atoms with Gasteiger partial charge in [0.25, 0.3) is 0 Å². The molecule has 2 aromatic carbocycles. The van der Waals surface area contributed by atoms with Gasteiger partial charge in [-0.2, -0.15) is 0 Å². The Morgan fingerprint density at radius 3 is 2.59 bits per heavy atom. The number of rotatable bonds is 2. The third kappa shape index (κ3) is 3.15. The maximum absolute atomic E-state index is 11.2. The minimum absolute atomic E-state index is 0. The average Bonchev–Trinajstić information content (AvgIpc) is 2.69. The van der Waals surface area contributed by atoms with Gasteiger partial charge in [-0.1, -0.05) is 30.3 Å². The zero-order valence-corrected chi connectivity index (χ0v) is 13.7. The van der Waals surface area contributed by atoms with Crippen molar-refractivity contribution in [3.05, 3.63) is 64.7 Å². The molecule has 3 rings (SSSR count). The van der Waals surface area contributed by atoms with Crippen LogP contribution in [0.4, 0.5) is 0 Å². The number of carboxylic acids is 1. The summed E-state index contributed by atoms with van der Waals surface area (Å²) in [6, 6.07) is 13.3. The number of halogens is 1. The molecule has 2 aromatic rings. The number of phenols is 1. The monoisotopic (exact) mass is 363 g/mol. The van der Waals surface area contributed by atoms with Crippen molar-refractivity contribution in [2.24, 2.45) is 0 Å². The van der Waals surface area contributed by atoms with Crippen LogP contribution in [0, 0.1) is 0 Å². The number of hydrogen-bond donors (Lipinski definition) is 3. The molecule has 1 unspecified atom stereocenters. The first-order valence-corrected chi connectivity index (χ1v) is 7.01. The molecular formula is C17H18BrNO3. The molecule has 0 spiro atoms. The Morgan fingerprint density at radius 1 is 1.18 bits per heavy atom. The van der Waals surface area contributed by atoms with E-state index in [1.165, 1.54) is 0 Å². The Hall–Kier alpha value is -1.85. The topological polar surface area (TPSA) is 69.6 Å². The summed E-state index contributed by atoms with van der Waals surface area (Å²) in [5.41, 5.74) is 3.14. The minimum atomic E-state index is -1.09. The predicted molar refractivity (Wildman–Crippen MR) is 90.2 cm³/mol. The third-order valence-corrected chi connectivity index (χ3v) is 3.98. The van der Waals surface area contributed by atoms with Crippen LogP contribution < -0.4 is 5.32 Å². The minimum Gasteiger partial charge on any atom is -0.507 e. The van der Waals surface area contributed by atoms with Crippen molar-refractivity contribution in [3.63, 3.8) is 0 Å². The molecule has 116 valence electrons. The zero-order chi connectivity index (χ0) is 14.8. The summed E-state index contributed by atoms with van der Waals surface area (Å²) >= 11 is 0. The first kappa shape index (κ1) is 16.5. The summed E-state index contributed by atoms with van der Waals surface area (Å²) in [4.78, 5) is 11.2. The summed E-state index contributed by atoms with van der Waals surface area (Å²) < 4.78 is 0. The van der Waals surface area contributed by atoms with Gasteiger partial charge in [-0.25, -0.2) is 4.79 Å². The largest absolute Gasteiger partial charge is 0.507 e. The molecule has 0 aromatic heterocycles. The highest BCUT2D eigenvalue weighted by atomic mass is 79.9. The molecule has 1 heterocycles. The lowest BCUT2D eigenvalue weighted by molar-refractivity contribution is 0.0693. The van der Waals surface area contributed by atoms with Gasteiger partial charge in [-0.3, -0.25) is 0 Å². The predicted octanol–water partition coefficient (Wildman–Crippen LogP) is 2.95. The Bertz CT molecular complexity index is 673. The third-order valence-electron chi connectivity index (χ3n) is 3.98. The second-order valence-electron chi connectivity index (χ2n) is 5.29. The molecule has 22 heavy (non-hydrogen) atoms. The van der Waals surface area contributed by atoms with Crippen LogP contribution in [0.1, 0.15) is 33.0 Å². The highest BCUT2D eigenvalue weighted by Crippen LogP contribution is 2.33. The number of carbonyl (C=O) groups is 1. The van der Waals surface area contributed by atoms with Gasteiger partial charge in [0.05, 0.1) is 0 Å². The van der Waals surface area contributed by atoms with Crippen molar-refractivity contribution < 1.29 is 15.0 Å². The first-order valence-electron chi connectivity index (χ1n) is 7.01. The molecule has 0 amide bonds. The SMILES string of the molecule is Br.O=C(O)c1cc2c(cc1O)C(c1ccccc1)CNCC2. The van der Waals surface area contributed by atoms with Crippen LogP contribution >= 0.6 is 17.0 Å². The van der Waals surface area contributed by atoms with E-state index >= 15 is 0 Å². The van der Waals surface area contributed by atoms with E-state index in [0.29, 0.717) is 0 Å². The molecule has 1 aliphatic rings. The highest BCUT2D eigenvalue weighted by Gasteiger charge is 2.23. The molecule has 0 radical (unpaired) electrons. The van der Waals surface area contributed by atoms with Crippen molar-refractivity contribution in [2.75, 3.05) is 13.1 Å². The average molecular weight is 364 g/mol. The summed E-state index contributed by atoms with van der Waals surface area (Å²) in [6.45, 7) is 1.59. The second kappa shape index (κ2) is 6.94. The smallest absolute Gasteiger partial charge is 0.339 e. The number of hydrogen-bond acceptors (Lipinski definition) is 3. The second-order valence-corrected chi connectivity index (χ2v) is 5.29. The van der Waals surface area contributed by atoms with Crippen LogP contribution in [0.25, 0.3) is 0 Å². The van der Waals surface area contributed by atoms with Crippen LogP contribution in [0.2, 0.25) is 0 Å². The lowest BCUT2D eigenvalue weighted by Crippen LogP contribution is -2.20. The number of benzene rings is 2. The van der Waals surface area contributed by atoms with Gasteiger partial charge in [0.2, 0.25) is 0 Å². The van der Waals surface area contributed by atoms with Crippen molar-refractivity contribution in [1.82, 2.24) is 5.32 Å². The van der Waals surface area contributed by atoms with E-state index < -0.39 is 5.97 Å². The molecule has 1 aliphatic heterocycles. The molecule has 4 nitrogen and oxygen atoms in total. The van der Waals surface area contributed by atoms with E-state index in [1.54, 1.807) is 12.1 Å². The lowest BCUT2D eigenvalue weighted by atomic mass is 9.87.